The quantitative estimate of drug-likeness (QED) is 0.838. The standard InChI is InChI=1S/C15H20N4O2.C2H6/c1-15(2,3)21-14(20)18(4)12-9-19(10-12)13-6-5-11(7-16)8-17-13;1-2/h5-6,8,12H,9-10H2,1-4H3;1-2H3. The van der Waals surface area contributed by atoms with Crippen molar-refractivity contribution in [2.24, 2.45) is 0 Å². The third-order valence-electron chi connectivity index (χ3n) is 3.29. The molecule has 0 atom stereocenters. The van der Waals surface area contributed by atoms with Gasteiger partial charge in [0.1, 0.15) is 17.5 Å². The van der Waals surface area contributed by atoms with Crippen molar-refractivity contribution in [1.82, 2.24) is 9.88 Å². The van der Waals surface area contributed by atoms with Gasteiger partial charge in [-0.3, -0.25) is 0 Å². The Balaban J connectivity index is 0.00000127. The Labute approximate surface area is 138 Å². The summed E-state index contributed by atoms with van der Waals surface area (Å²) in [5, 5.41) is 8.75. The summed E-state index contributed by atoms with van der Waals surface area (Å²) in [7, 11) is 1.75. The second kappa shape index (κ2) is 7.82. The van der Waals surface area contributed by atoms with E-state index in [0.29, 0.717) is 18.7 Å². The van der Waals surface area contributed by atoms with E-state index >= 15 is 0 Å². The van der Waals surface area contributed by atoms with Crippen LogP contribution >= 0.6 is 0 Å². The summed E-state index contributed by atoms with van der Waals surface area (Å²) in [6.07, 6.45) is 1.25. The molecule has 2 heterocycles. The van der Waals surface area contributed by atoms with Gasteiger partial charge in [-0.2, -0.15) is 5.26 Å². The first kappa shape index (κ1) is 18.8. The molecule has 6 nitrogen and oxygen atoms in total. The topological polar surface area (TPSA) is 69.5 Å². The fraction of sp³-hybridized carbons (Fsp3) is 0.588. The molecule has 1 aliphatic heterocycles. The molecule has 0 aromatic carbocycles. The number of hydrogen-bond donors (Lipinski definition) is 0. The van der Waals surface area contributed by atoms with Crippen LogP contribution in [-0.2, 0) is 4.74 Å². The lowest BCUT2D eigenvalue weighted by molar-refractivity contribution is 0.0196. The highest BCUT2D eigenvalue weighted by Crippen LogP contribution is 2.22. The van der Waals surface area contributed by atoms with Crippen molar-refractivity contribution in [2.75, 3.05) is 25.0 Å². The van der Waals surface area contributed by atoms with Crippen LogP contribution in [0.2, 0.25) is 0 Å². The van der Waals surface area contributed by atoms with Gasteiger partial charge in [0.25, 0.3) is 0 Å². The maximum Gasteiger partial charge on any atom is 0.410 e. The van der Waals surface area contributed by atoms with Crippen LogP contribution < -0.4 is 4.90 Å². The molecule has 1 fully saturated rings. The Hall–Kier alpha value is -2.29. The number of rotatable bonds is 2. The maximum absolute atomic E-state index is 12.0. The first-order chi connectivity index (χ1) is 10.8. The summed E-state index contributed by atoms with van der Waals surface area (Å²) >= 11 is 0. The van der Waals surface area contributed by atoms with Crippen molar-refractivity contribution in [2.45, 2.75) is 46.3 Å². The van der Waals surface area contributed by atoms with Crippen molar-refractivity contribution in [3.63, 3.8) is 0 Å². The van der Waals surface area contributed by atoms with Crippen LogP contribution in [0, 0.1) is 11.3 Å². The molecule has 2 rings (SSSR count). The second-order valence-corrected chi connectivity index (χ2v) is 6.17. The Bertz CT molecular complexity index is 551. The van der Waals surface area contributed by atoms with E-state index in [1.54, 1.807) is 24.2 Å². The molecule has 0 saturated carbocycles. The van der Waals surface area contributed by atoms with E-state index in [1.165, 1.54) is 0 Å². The van der Waals surface area contributed by atoms with Crippen molar-refractivity contribution in [3.05, 3.63) is 23.9 Å². The molecule has 126 valence electrons. The molecule has 1 amide bonds. The number of carbonyl (C=O) groups is 1. The second-order valence-electron chi connectivity index (χ2n) is 6.17. The Morgan fingerprint density at radius 3 is 2.43 bits per heavy atom. The molecule has 0 N–H and O–H groups in total. The highest BCUT2D eigenvalue weighted by Gasteiger charge is 2.34. The fourth-order valence-corrected chi connectivity index (χ4v) is 2.01. The van der Waals surface area contributed by atoms with Crippen molar-refractivity contribution < 1.29 is 9.53 Å². The number of nitriles is 1. The molecule has 0 unspecified atom stereocenters. The first-order valence-corrected chi connectivity index (χ1v) is 7.87. The van der Waals surface area contributed by atoms with Gasteiger partial charge in [-0.05, 0) is 32.9 Å². The van der Waals surface area contributed by atoms with Gasteiger partial charge in [0.15, 0.2) is 0 Å². The third kappa shape index (κ3) is 5.13. The SMILES string of the molecule is CC.CN(C(=O)OC(C)(C)C)C1CN(c2ccc(C#N)cn2)C1. The van der Waals surface area contributed by atoms with E-state index in [4.69, 9.17) is 10.00 Å². The number of likely N-dealkylation sites (N-methyl/N-ethyl adjacent to an activating group) is 1. The van der Waals surface area contributed by atoms with Crippen molar-refractivity contribution in [3.8, 4) is 6.07 Å². The van der Waals surface area contributed by atoms with E-state index in [-0.39, 0.29) is 12.1 Å². The zero-order valence-corrected chi connectivity index (χ0v) is 14.8. The van der Waals surface area contributed by atoms with Crippen molar-refractivity contribution >= 4 is 11.9 Å². The highest BCUT2D eigenvalue weighted by molar-refractivity contribution is 5.69. The van der Waals surface area contributed by atoms with Crippen LogP contribution in [0.4, 0.5) is 10.6 Å². The van der Waals surface area contributed by atoms with Crippen LogP contribution in [0.1, 0.15) is 40.2 Å². The number of pyridine rings is 1. The Morgan fingerprint density at radius 2 is 2.00 bits per heavy atom. The van der Waals surface area contributed by atoms with Gasteiger partial charge >= 0.3 is 6.09 Å². The van der Waals surface area contributed by atoms with E-state index in [9.17, 15) is 4.79 Å². The normalized spacial score (nSPS) is 14.0. The average molecular weight is 318 g/mol. The maximum atomic E-state index is 12.0. The lowest BCUT2D eigenvalue weighted by Crippen LogP contribution is -2.60. The van der Waals surface area contributed by atoms with Gasteiger partial charge in [-0.25, -0.2) is 9.78 Å². The van der Waals surface area contributed by atoms with Gasteiger partial charge < -0.3 is 14.5 Å². The van der Waals surface area contributed by atoms with Crippen molar-refractivity contribution in [1.29, 1.82) is 5.26 Å². The smallest absolute Gasteiger partial charge is 0.410 e. The average Bonchev–Trinajstić information content (AvgIpc) is 2.46. The fourth-order valence-electron chi connectivity index (χ4n) is 2.01. The molecule has 1 aliphatic rings. The van der Waals surface area contributed by atoms with Gasteiger partial charge in [0.2, 0.25) is 0 Å². The van der Waals surface area contributed by atoms with Crippen LogP contribution in [0.15, 0.2) is 18.3 Å². The van der Waals surface area contributed by atoms with Gasteiger partial charge in [0, 0.05) is 26.3 Å². The van der Waals surface area contributed by atoms with E-state index < -0.39 is 5.60 Å². The number of carbonyl (C=O) groups excluding carboxylic acids is 1. The van der Waals surface area contributed by atoms with E-state index in [1.807, 2.05) is 46.8 Å². The van der Waals surface area contributed by atoms with Crippen LogP contribution in [0.3, 0.4) is 0 Å². The highest BCUT2D eigenvalue weighted by atomic mass is 16.6. The van der Waals surface area contributed by atoms with E-state index in [0.717, 1.165) is 5.82 Å². The molecular formula is C17H26N4O2. The van der Waals surface area contributed by atoms with Crippen LogP contribution in [0.5, 0.6) is 0 Å². The number of nitrogens with zero attached hydrogens (tertiary/aromatic N) is 4. The summed E-state index contributed by atoms with van der Waals surface area (Å²) in [6, 6.07) is 5.73. The minimum atomic E-state index is -0.483. The molecule has 0 spiro atoms. The van der Waals surface area contributed by atoms with Crippen LogP contribution in [0.25, 0.3) is 0 Å². The molecule has 0 radical (unpaired) electrons. The first-order valence-electron chi connectivity index (χ1n) is 7.87. The van der Waals surface area contributed by atoms with Gasteiger partial charge in [-0.15, -0.1) is 0 Å². The summed E-state index contributed by atoms with van der Waals surface area (Å²) in [4.78, 5) is 19.9. The summed E-state index contributed by atoms with van der Waals surface area (Å²) in [6.45, 7) is 11.0. The third-order valence-corrected chi connectivity index (χ3v) is 3.29. The molecule has 23 heavy (non-hydrogen) atoms. The Morgan fingerprint density at radius 1 is 1.39 bits per heavy atom. The number of amides is 1. The monoisotopic (exact) mass is 318 g/mol. The zero-order chi connectivity index (χ0) is 17.6. The molecule has 0 bridgehead atoms. The molecule has 1 saturated heterocycles. The zero-order valence-electron chi connectivity index (χ0n) is 14.8. The largest absolute Gasteiger partial charge is 0.444 e. The predicted octanol–water partition coefficient (Wildman–Crippen LogP) is 3.03. The van der Waals surface area contributed by atoms with Gasteiger partial charge in [0.05, 0.1) is 11.6 Å². The van der Waals surface area contributed by atoms with E-state index in [2.05, 4.69) is 9.88 Å². The molecule has 1 aromatic heterocycles. The summed E-state index contributed by atoms with van der Waals surface area (Å²) < 4.78 is 5.34. The predicted molar refractivity (Wildman–Crippen MR) is 90.3 cm³/mol. The summed E-state index contributed by atoms with van der Waals surface area (Å²) in [5.74, 6) is 0.822. The lowest BCUT2D eigenvalue weighted by Gasteiger charge is -2.44. The molecule has 0 aliphatic carbocycles. The minimum Gasteiger partial charge on any atom is -0.444 e. The van der Waals surface area contributed by atoms with Gasteiger partial charge in [-0.1, -0.05) is 13.8 Å². The number of anilines is 1. The minimum absolute atomic E-state index is 0.122. The van der Waals surface area contributed by atoms with Crippen LogP contribution in [-0.4, -0.2) is 47.8 Å². The molecular weight excluding hydrogens is 292 g/mol. The Kier molecular flexibility index (Phi) is 6.38. The summed E-state index contributed by atoms with van der Waals surface area (Å²) in [5.41, 5.74) is 0.0606. The molecule has 6 heteroatoms. The number of aromatic nitrogens is 1. The number of hydrogen-bond acceptors (Lipinski definition) is 5. The lowest BCUT2D eigenvalue weighted by atomic mass is 10.1. The molecule has 1 aromatic rings. The number of ether oxygens (including phenoxy) is 1.